The Morgan fingerprint density at radius 3 is 2.36 bits per heavy atom. The van der Waals surface area contributed by atoms with Crippen molar-refractivity contribution in [1.82, 2.24) is 9.88 Å². The van der Waals surface area contributed by atoms with E-state index < -0.39 is 0 Å². The number of thiophene rings is 1. The molecule has 0 radical (unpaired) electrons. The molecule has 0 spiro atoms. The Kier molecular flexibility index (Phi) is 5.64. The van der Waals surface area contributed by atoms with Crippen LogP contribution in [0.4, 0.5) is 11.5 Å². The lowest BCUT2D eigenvalue weighted by atomic mass is 10.2. The van der Waals surface area contributed by atoms with Crippen molar-refractivity contribution < 1.29 is 4.79 Å². The first-order valence-electron chi connectivity index (χ1n) is 9.12. The normalized spacial score (nSPS) is 14.0. The van der Waals surface area contributed by atoms with Gasteiger partial charge in [0.25, 0.3) is 5.91 Å². The molecule has 1 aromatic carbocycles. The summed E-state index contributed by atoms with van der Waals surface area (Å²) in [5.74, 6) is 0.890. The van der Waals surface area contributed by atoms with Gasteiger partial charge in [-0.15, -0.1) is 11.3 Å². The molecule has 7 heteroatoms. The zero-order valence-corrected chi connectivity index (χ0v) is 16.9. The van der Waals surface area contributed by atoms with Gasteiger partial charge in [0.05, 0.1) is 10.6 Å². The maximum atomic E-state index is 13.2. The van der Waals surface area contributed by atoms with Crippen LogP contribution in [0.2, 0.25) is 0 Å². The first-order valence-corrected chi connectivity index (χ1v) is 10.4. The number of piperazine rings is 1. The largest absolute Gasteiger partial charge is 0.353 e. The third kappa shape index (κ3) is 3.90. The minimum Gasteiger partial charge on any atom is -0.353 e. The van der Waals surface area contributed by atoms with Crippen LogP contribution in [0.15, 0.2) is 72.2 Å². The van der Waals surface area contributed by atoms with E-state index in [0.29, 0.717) is 9.99 Å². The maximum absolute atomic E-state index is 13.2. The number of carbonyl (C=O) groups is 1. The number of amides is 1. The molecule has 0 aliphatic carbocycles. The molecule has 3 aromatic rings. The van der Waals surface area contributed by atoms with E-state index in [9.17, 15) is 4.79 Å². The number of nitrogens with zero attached hydrogens (tertiary/aromatic N) is 4. The summed E-state index contributed by atoms with van der Waals surface area (Å²) in [6.07, 6.45) is 1.81. The van der Waals surface area contributed by atoms with Crippen LogP contribution >= 0.6 is 23.6 Å². The van der Waals surface area contributed by atoms with Crippen molar-refractivity contribution in [3.8, 4) is 0 Å². The van der Waals surface area contributed by atoms with Gasteiger partial charge < -0.3 is 9.80 Å². The predicted octanol–water partition coefficient (Wildman–Crippen LogP) is 3.90. The molecule has 5 nitrogen and oxygen atoms in total. The van der Waals surface area contributed by atoms with Gasteiger partial charge in [0, 0.05) is 32.4 Å². The zero-order valence-electron chi connectivity index (χ0n) is 15.3. The first-order chi connectivity index (χ1) is 13.7. The topological polar surface area (TPSA) is 39.7 Å². The first kappa shape index (κ1) is 18.6. The Morgan fingerprint density at radius 1 is 0.964 bits per heavy atom. The monoisotopic (exact) mass is 408 g/mol. The van der Waals surface area contributed by atoms with Crippen molar-refractivity contribution in [2.45, 2.75) is 0 Å². The summed E-state index contributed by atoms with van der Waals surface area (Å²) in [4.78, 5) is 24.3. The fourth-order valence-corrected chi connectivity index (χ4v) is 4.24. The van der Waals surface area contributed by atoms with Gasteiger partial charge in [0.1, 0.15) is 5.82 Å². The van der Waals surface area contributed by atoms with E-state index in [4.69, 9.17) is 12.2 Å². The summed E-state index contributed by atoms with van der Waals surface area (Å²) in [5.41, 5.74) is 0.790. The number of carbonyl (C=O) groups excluding carboxylic acids is 1. The smallest absolute Gasteiger partial charge is 0.274 e. The van der Waals surface area contributed by atoms with Crippen molar-refractivity contribution in [3.63, 3.8) is 0 Å². The third-order valence-electron chi connectivity index (χ3n) is 4.66. The molecule has 0 saturated carbocycles. The summed E-state index contributed by atoms with van der Waals surface area (Å²) < 4.78 is 0. The molecular weight excluding hydrogens is 388 g/mol. The van der Waals surface area contributed by atoms with Crippen molar-refractivity contribution >= 4 is 46.1 Å². The van der Waals surface area contributed by atoms with E-state index in [1.54, 1.807) is 4.90 Å². The molecule has 1 aliphatic heterocycles. The van der Waals surface area contributed by atoms with Crippen LogP contribution in [-0.2, 0) is 0 Å². The van der Waals surface area contributed by atoms with E-state index in [-0.39, 0.29) is 5.91 Å². The minimum absolute atomic E-state index is 0.0849. The highest BCUT2D eigenvalue weighted by molar-refractivity contribution is 7.80. The van der Waals surface area contributed by atoms with Gasteiger partial charge in [-0.1, -0.05) is 30.3 Å². The highest BCUT2D eigenvalue weighted by Gasteiger charge is 2.28. The second-order valence-corrected chi connectivity index (χ2v) is 7.71. The third-order valence-corrected chi connectivity index (χ3v) is 5.96. The molecule has 1 saturated heterocycles. The van der Waals surface area contributed by atoms with Crippen LogP contribution in [0.1, 0.15) is 9.67 Å². The van der Waals surface area contributed by atoms with Gasteiger partial charge in [0.15, 0.2) is 5.11 Å². The zero-order chi connectivity index (χ0) is 19.3. The van der Waals surface area contributed by atoms with Crippen molar-refractivity contribution in [2.75, 3.05) is 36.0 Å². The molecule has 28 heavy (non-hydrogen) atoms. The van der Waals surface area contributed by atoms with Crippen LogP contribution in [-0.4, -0.2) is 47.1 Å². The number of anilines is 2. The number of thiocarbonyl (C=S) groups is 1. The summed E-state index contributed by atoms with van der Waals surface area (Å²) in [7, 11) is 0. The molecule has 1 amide bonds. The van der Waals surface area contributed by atoms with Crippen LogP contribution in [0.25, 0.3) is 0 Å². The Balaban J connectivity index is 1.53. The van der Waals surface area contributed by atoms with Crippen LogP contribution in [0, 0.1) is 0 Å². The molecule has 0 unspecified atom stereocenters. The molecule has 0 N–H and O–H groups in total. The Hall–Kier alpha value is -2.77. The summed E-state index contributed by atoms with van der Waals surface area (Å²) in [5, 5.41) is 2.45. The van der Waals surface area contributed by atoms with Gasteiger partial charge in [0.2, 0.25) is 0 Å². The lowest BCUT2D eigenvalue weighted by Gasteiger charge is -2.39. The summed E-state index contributed by atoms with van der Waals surface area (Å²) in [6, 6.07) is 19.3. The van der Waals surface area contributed by atoms with Crippen LogP contribution in [0.3, 0.4) is 0 Å². The van der Waals surface area contributed by atoms with E-state index >= 15 is 0 Å². The number of benzene rings is 1. The Bertz CT molecular complexity index is 924. The molecule has 1 fully saturated rings. The Morgan fingerprint density at radius 2 is 1.71 bits per heavy atom. The second-order valence-electron chi connectivity index (χ2n) is 6.40. The summed E-state index contributed by atoms with van der Waals surface area (Å²) >= 11 is 7.21. The van der Waals surface area contributed by atoms with Gasteiger partial charge in [-0.2, -0.15) is 0 Å². The van der Waals surface area contributed by atoms with Gasteiger partial charge >= 0.3 is 0 Å². The van der Waals surface area contributed by atoms with Gasteiger partial charge in [-0.25, -0.2) is 4.98 Å². The number of hydrogen-bond donors (Lipinski definition) is 0. The quantitative estimate of drug-likeness (QED) is 0.615. The predicted molar refractivity (Wildman–Crippen MR) is 118 cm³/mol. The molecule has 2 aromatic heterocycles. The fourth-order valence-electron chi connectivity index (χ4n) is 3.21. The number of rotatable bonds is 3. The van der Waals surface area contributed by atoms with Crippen LogP contribution < -0.4 is 9.80 Å². The van der Waals surface area contributed by atoms with Gasteiger partial charge in [-0.3, -0.25) is 9.69 Å². The lowest BCUT2D eigenvalue weighted by Crippen LogP contribution is -2.54. The lowest BCUT2D eigenvalue weighted by molar-refractivity contribution is 0.100. The van der Waals surface area contributed by atoms with E-state index in [2.05, 4.69) is 14.8 Å². The Labute approximate surface area is 173 Å². The minimum atomic E-state index is -0.0849. The number of aromatic nitrogens is 1. The van der Waals surface area contributed by atoms with E-state index in [1.807, 2.05) is 72.2 Å². The maximum Gasteiger partial charge on any atom is 0.274 e. The van der Waals surface area contributed by atoms with E-state index in [1.165, 1.54) is 11.3 Å². The summed E-state index contributed by atoms with van der Waals surface area (Å²) in [6.45, 7) is 3.12. The van der Waals surface area contributed by atoms with Crippen molar-refractivity contribution in [3.05, 3.63) is 77.1 Å². The highest BCUT2D eigenvalue weighted by Crippen LogP contribution is 2.22. The van der Waals surface area contributed by atoms with E-state index in [0.717, 1.165) is 37.7 Å². The number of hydrogen-bond acceptors (Lipinski definition) is 5. The van der Waals surface area contributed by atoms with Gasteiger partial charge in [-0.05, 0) is 47.9 Å². The molecular formula is C21H20N4OS2. The number of pyridine rings is 1. The molecule has 1 aliphatic rings. The fraction of sp³-hybridized carbons (Fsp3) is 0.190. The SMILES string of the molecule is O=C(c1cccs1)N(C(=S)N1CCN(c2ccccn2)CC1)c1ccccc1. The molecule has 0 bridgehead atoms. The number of para-hydroxylation sites is 1. The second kappa shape index (κ2) is 8.50. The average molecular weight is 409 g/mol. The molecule has 3 heterocycles. The van der Waals surface area contributed by atoms with Crippen LogP contribution in [0.5, 0.6) is 0 Å². The molecule has 142 valence electrons. The average Bonchev–Trinajstić information content (AvgIpc) is 3.30. The van der Waals surface area contributed by atoms with Crippen molar-refractivity contribution in [2.24, 2.45) is 0 Å². The molecule has 4 rings (SSSR count). The molecule has 0 atom stereocenters. The standard InChI is InChI=1S/C21H20N4OS2/c26-20(18-9-6-16-28-18)25(17-7-2-1-3-8-17)21(27)24-14-12-23(13-15-24)19-10-4-5-11-22-19/h1-11,16H,12-15H2. The highest BCUT2D eigenvalue weighted by atomic mass is 32.1. The van der Waals surface area contributed by atoms with Crippen molar-refractivity contribution in [1.29, 1.82) is 0 Å².